The summed E-state index contributed by atoms with van der Waals surface area (Å²) in [6, 6.07) is 8.97. The molecule has 2 atom stereocenters. The number of carbonyl (C=O) groups excluding carboxylic acids is 1. The lowest BCUT2D eigenvalue weighted by Gasteiger charge is -2.31. The maximum absolute atomic E-state index is 12.3. The van der Waals surface area contributed by atoms with Crippen LogP contribution in [-0.4, -0.2) is 51.5 Å². The van der Waals surface area contributed by atoms with E-state index in [1.807, 2.05) is 12.1 Å². The summed E-state index contributed by atoms with van der Waals surface area (Å²) in [5.74, 6) is 1.98. The SMILES string of the molecule is Cc1cc(C(=O)NC[C@H]2CC[C@@H](Nc3ccc(-n4nc(N5CCC5)ccc4=O)cn3)C2)on1. The van der Waals surface area contributed by atoms with Gasteiger partial charge in [0.15, 0.2) is 0 Å². The summed E-state index contributed by atoms with van der Waals surface area (Å²) < 4.78 is 6.40. The van der Waals surface area contributed by atoms with Crippen LogP contribution in [0, 0.1) is 12.8 Å². The zero-order valence-corrected chi connectivity index (χ0v) is 18.5. The number of nitrogens with one attached hydrogen (secondary N) is 2. The van der Waals surface area contributed by atoms with E-state index >= 15 is 0 Å². The number of hydrogen-bond acceptors (Lipinski definition) is 8. The summed E-state index contributed by atoms with van der Waals surface area (Å²) in [5.41, 5.74) is 1.15. The molecule has 3 aromatic rings. The van der Waals surface area contributed by atoms with Crippen molar-refractivity contribution in [1.82, 2.24) is 25.2 Å². The van der Waals surface area contributed by atoms with Gasteiger partial charge in [-0.15, -0.1) is 5.10 Å². The van der Waals surface area contributed by atoms with E-state index in [1.54, 1.807) is 31.3 Å². The lowest BCUT2D eigenvalue weighted by Crippen LogP contribution is -2.39. The number of hydrogen-bond donors (Lipinski definition) is 2. The molecule has 0 bridgehead atoms. The zero-order valence-electron chi connectivity index (χ0n) is 18.5. The Morgan fingerprint density at radius 1 is 1.21 bits per heavy atom. The Kier molecular flexibility index (Phi) is 5.80. The molecule has 1 aliphatic carbocycles. The summed E-state index contributed by atoms with van der Waals surface area (Å²) in [7, 11) is 0. The second-order valence-corrected chi connectivity index (χ2v) is 8.75. The van der Waals surface area contributed by atoms with Crippen LogP contribution >= 0.6 is 0 Å². The maximum Gasteiger partial charge on any atom is 0.289 e. The third kappa shape index (κ3) is 4.74. The summed E-state index contributed by atoms with van der Waals surface area (Å²) >= 11 is 0. The fourth-order valence-electron chi connectivity index (χ4n) is 4.29. The molecule has 10 nitrogen and oxygen atoms in total. The van der Waals surface area contributed by atoms with E-state index in [0.717, 1.165) is 50.4 Å². The van der Waals surface area contributed by atoms with Gasteiger partial charge < -0.3 is 20.1 Å². The van der Waals surface area contributed by atoms with E-state index < -0.39 is 0 Å². The molecule has 172 valence electrons. The molecule has 0 unspecified atom stereocenters. The van der Waals surface area contributed by atoms with Gasteiger partial charge in [0.25, 0.3) is 11.5 Å². The second kappa shape index (κ2) is 9.05. The molecular weight excluding hydrogens is 422 g/mol. The van der Waals surface area contributed by atoms with Crippen molar-refractivity contribution in [3.63, 3.8) is 0 Å². The molecule has 1 saturated heterocycles. The van der Waals surface area contributed by atoms with Crippen molar-refractivity contribution < 1.29 is 9.32 Å². The standard InChI is InChI=1S/C23H27N7O3/c1-15-11-19(33-28-15)23(32)25-13-16-3-4-17(12-16)26-20-6-5-18(14-24-20)30-22(31)8-7-21(27-30)29-9-2-10-29/h5-8,11,14,16-17H,2-4,9-10,12-13H2,1H3,(H,24,26)(H,25,32)/t16-,17+/m0/s1. The molecule has 1 amide bonds. The number of aryl methyl sites for hydroxylation is 1. The van der Waals surface area contributed by atoms with Gasteiger partial charge in [-0.25, -0.2) is 4.98 Å². The van der Waals surface area contributed by atoms with E-state index in [0.29, 0.717) is 23.8 Å². The highest BCUT2D eigenvalue weighted by molar-refractivity contribution is 5.91. The Bertz CT molecular complexity index is 1180. The minimum absolute atomic E-state index is 0.178. The quantitative estimate of drug-likeness (QED) is 0.563. The molecule has 0 aromatic carbocycles. The first-order chi connectivity index (χ1) is 16.0. The van der Waals surface area contributed by atoms with Gasteiger partial charge in [0.05, 0.1) is 17.6 Å². The van der Waals surface area contributed by atoms with Gasteiger partial charge in [-0.2, -0.15) is 4.68 Å². The van der Waals surface area contributed by atoms with Gasteiger partial charge in [-0.05, 0) is 56.7 Å². The molecule has 3 aromatic heterocycles. The molecule has 5 rings (SSSR count). The molecule has 1 aliphatic heterocycles. The number of rotatable bonds is 7. The first-order valence-corrected chi connectivity index (χ1v) is 11.3. The van der Waals surface area contributed by atoms with Crippen molar-refractivity contribution in [2.75, 3.05) is 29.9 Å². The van der Waals surface area contributed by atoms with E-state index in [1.165, 1.54) is 4.68 Å². The minimum Gasteiger partial charge on any atom is -0.367 e. The average Bonchev–Trinajstić information content (AvgIpc) is 3.42. The molecule has 33 heavy (non-hydrogen) atoms. The molecule has 2 aliphatic rings. The maximum atomic E-state index is 12.3. The Morgan fingerprint density at radius 3 is 2.79 bits per heavy atom. The molecule has 4 heterocycles. The number of carbonyl (C=O) groups is 1. The van der Waals surface area contributed by atoms with Gasteiger partial charge >= 0.3 is 0 Å². The van der Waals surface area contributed by atoms with E-state index in [2.05, 4.69) is 30.8 Å². The molecule has 2 N–H and O–H groups in total. The van der Waals surface area contributed by atoms with Crippen molar-refractivity contribution in [2.45, 2.75) is 38.6 Å². The smallest absolute Gasteiger partial charge is 0.289 e. The molecule has 0 spiro atoms. The Balaban J connectivity index is 1.15. The first-order valence-electron chi connectivity index (χ1n) is 11.3. The largest absolute Gasteiger partial charge is 0.367 e. The van der Waals surface area contributed by atoms with Crippen molar-refractivity contribution >= 4 is 17.5 Å². The first kappa shape index (κ1) is 21.2. The number of anilines is 2. The Labute approximate surface area is 191 Å². The average molecular weight is 450 g/mol. The zero-order chi connectivity index (χ0) is 22.8. The van der Waals surface area contributed by atoms with E-state index in [4.69, 9.17) is 4.52 Å². The predicted octanol–water partition coefficient (Wildman–Crippen LogP) is 2.14. The highest BCUT2D eigenvalue weighted by atomic mass is 16.5. The van der Waals surface area contributed by atoms with E-state index in [-0.39, 0.29) is 23.3 Å². The van der Waals surface area contributed by atoms with Crippen LogP contribution in [-0.2, 0) is 0 Å². The summed E-state index contributed by atoms with van der Waals surface area (Å²) in [4.78, 5) is 31.1. The molecule has 1 saturated carbocycles. The monoisotopic (exact) mass is 449 g/mol. The lowest BCUT2D eigenvalue weighted by molar-refractivity contribution is 0.0910. The Morgan fingerprint density at radius 2 is 2.09 bits per heavy atom. The van der Waals surface area contributed by atoms with Crippen LogP contribution < -0.4 is 21.1 Å². The molecule has 2 fully saturated rings. The fourth-order valence-corrected chi connectivity index (χ4v) is 4.29. The second-order valence-electron chi connectivity index (χ2n) is 8.75. The van der Waals surface area contributed by atoms with Crippen LogP contribution in [0.15, 0.2) is 45.8 Å². The number of amides is 1. The van der Waals surface area contributed by atoms with Crippen LogP contribution in [0.2, 0.25) is 0 Å². The van der Waals surface area contributed by atoms with Crippen LogP contribution in [0.25, 0.3) is 5.69 Å². The molecule has 0 radical (unpaired) electrons. The normalized spacial score (nSPS) is 19.8. The van der Waals surface area contributed by atoms with Gasteiger partial charge in [0.1, 0.15) is 11.6 Å². The fraction of sp³-hybridized carbons (Fsp3) is 0.435. The number of aromatic nitrogens is 4. The lowest BCUT2D eigenvalue weighted by atomic mass is 10.1. The number of pyridine rings is 1. The molecular formula is C23H27N7O3. The van der Waals surface area contributed by atoms with Crippen LogP contribution in [0.3, 0.4) is 0 Å². The summed E-state index contributed by atoms with van der Waals surface area (Å²) in [5, 5.41) is 14.6. The van der Waals surface area contributed by atoms with Gasteiger partial charge in [-0.1, -0.05) is 5.16 Å². The van der Waals surface area contributed by atoms with Gasteiger partial charge in [0, 0.05) is 37.8 Å². The summed E-state index contributed by atoms with van der Waals surface area (Å²) in [6.07, 6.45) is 5.79. The Hall–Kier alpha value is -3.69. The number of nitrogens with zero attached hydrogens (tertiary/aromatic N) is 5. The van der Waals surface area contributed by atoms with Crippen molar-refractivity contribution in [2.24, 2.45) is 5.92 Å². The van der Waals surface area contributed by atoms with Gasteiger partial charge in [0.2, 0.25) is 5.76 Å². The highest BCUT2D eigenvalue weighted by Gasteiger charge is 2.26. The molecule has 10 heteroatoms. The van der Waals surface area contributed by atoms with Crippen molar-refractivity contribution in [1.29, 1.82) is 0 Å². The minimum atomic E-state index is -0.230. The van der Waals surface area contributed by atoms with E-state index in [9.17, 15) is 9.59 Å². The van der Waals surface area contributed by atoms with Crippen LogP contribution in [0.4, 0.5) is 11.6 Å². The van der Waals surface area contributed by atoms with Crippen molar-refractivity contribution in [3.05, 3.63) is 58.3 Å². The highest BCUT2D eigenvalue weighted by Crippen LogP contribution is 2.27. The predicted molar refractivity (Wildman–Crippen MR) is 123 cm³/mol. The van der Waals surface area contributed by atoms with Crippen LogP contribution in [0.1, 0.15) is 41.9 Å². The third-order valence-electron chi connectivity index (χ3n) is 6.25. The van der Waals surface area contributed by atoms with Crippen molar-refractivity contribution in [3.8, 4) is 5.69 Å². The summed E-state index contributed by atoms with van der Waals surface area (Å²) in [6.45, 7) is 4.33. The third-order valence-corrected chi connectivity index (χ3v) is 6.25. The van der Waals surface area contributed by atoms with Crippen LogP contribution in [0.5, 0.6) is 0 Å². The topological polar surface area (TPSA) is 118 Å². The van der Waals surface area contributed by atoms with Gasteiger partial charge in [-0.3, -0.25) is 9.59 Å².